The lowest BCUT2D eigenvalue weighted by Crippen LogP contribution is -2.46. The quantitative estimate of drug-likeness (QED) is 0.519. The number of rotatable bonds is 3. The van der Waals surface area contributed by atoms with E-state index in [2.05, 4.69) is 21.2 Å². The van der Waals surface area contributed by atoms with Crippen LogP contribution in [-0.4, -0.2) is 28.7 Å². The van der Waals surface area contributed by atoms with E-state index < -0.39 is 23.9 Å². The van der Waals surface area contributed by atoms with E-state index in [1.807, 2.05) is 59.6 Å². The van der Waals surface area contributed by atoms with Crippen molar-refractivity contribution in [3.8, 4) is 0 Å². The first-order chi connectivity index (χ1) is 16.5. The van der Waals surface area contributed by atoms with Crippen LogP contribution in [0.5, 0.6) is 0 Å². The molecule has 3 aliphatic heterocycles. The van der Waals surface area contributed by atoms with Crippen LogP contribution in [0.2, 0.25) is 0 Å². The second-order valence-corrected chi connectivity index (χ2v) is 9.59. The number of carbonyl (C=O) groups is 3. The minimum atomic E-state index is -0.809. The number of benzene rings is 3. The first-order valence-corrected chi connectivity index (χ1v) is 11.9. The molecule has 0 bridgehead atoms. The van der Waals surface area contributed by atoms with E-state index in [4.69, 9.17) is 0 Å². The summed E-state index contributed by atoms with van der Waals surface area (Å²) >= 11 is 3.40. The van der Waals surface area contributed by atoms with Gasteiger partial charge in [-0.15, -0.1) is 0 Å². The zero-order valence-corrected chi connectivity index (χ0v) is 19.6. The number of para-hydroxylation sites is 1. The lowest BCUT2D eigenvalue weighted by Gasteiger charge is -2.35. The normalized spacial score (nSPS) is 24.6. The fraction of sp³-hybridized carbons (Fsp3) is 0.148. The average molecular weight is 514 g/mol. The summed E-state index contributed by atoms with van der Waals surface area (Å²) < 4.78 is 0.855. The minimum absolute atomic E-state index is 0.271. The summed E-state index contributed by atoms with van der Waals surface area (Å²) in [6.45, 7) is 0. The Kier molecular flexibility index (Phi) is 4.88. The summed E-state index contributed by atoms with van der Waals surface area (Å²) in [5.41, 5.74) is 3.11. The van der Waals surface area contributed by atoms with Crippen molar-refractivity contribution >= 4 is 51.1 Å². The largest absolute Gasteiger partial charge is 0.357 e. The number of imide groups is 1. The molecule has 0 saturated carbocycles. The van der Waals surface area contributed by atoms with Crippen LogP contribution in [-0.2, 0) is 14.4 Å². The maximum atomic E-state index is 13.8. The van der Waals surface area contributed by atoms with Crippen LogP contribution < -0.4 is 10.2 Å². The highest BCUT2D eigenvalue weighted by Crippen LogP contribution is 2.53. The van der Waals surface area contributed by atoms with Gasteiger partial charge in [0.15, 0.2) is 0 Å². The summed E-state index contributed by atoms with van der Waals surface area (Å²) in [7, 11) is 0. The smallest absolute Gasteiger partial charge is 0.247 e. The van der Waals surface area contributed by atoms with Crippen molar-refractivity contribution in [2.24, 2.45) is 11.8 Å². The molecule has 0 radical (unpaired) electrons. The van der Waals surface area contributed by atoms with Crippen LogP contribution in [0.3, 0.4) is 0 Å². The molecule has 4 unspecified atom stereocenters. The van der Waals surface area contributed by atoms with E-state index in [1.54, 1.807) is 36.4 Å². The molecular formula is C27H20BrN3O3. The van der Waals surface area contributed by atoms with Gasteiger partial charge in [0.1, 0.15) is 6.04 Å². The summed E-state index contributed by atoms with van der Waals surface area (Å²) in [6.07, 6.45) is 3.79. The Morgan fingerprint density at radius 1 is 0.824 bits per heavy atom. The Morgan fingerprint density at radius 2 is 1.50 bits per heavy atom. The van der Waals surface area contributed by atoms with Crippen LogP contribution in [0.4, 0.5) is 11.4 Å². The van der Waals surface area contributed by atoms with Gasteiger partial charge in [-0.3, -0.25) is 14.4 Å². The third-order valence-corrected chi connectivity index (χ3v) is 7.39. The molecule has 34 heavy (non-hydrogen) atoms. The van der Waals surface area contributed by atoms with E-state index in [0.29, 0.717) is 11.4 Å². The second kappa shape index (κ2) is 7.95. The van der Waals surface area contributed by atoms with E-state index >= 15 is 0 Å². The lowest BCUT2D eigenvalue weighted by molar-refractivity contribution is -0.128. The second-order valence-electron chi connectivity index (χ2n) is 8.68. The maximum Gasteiger partial charge on any atom is 0.247 e. The summed E-state index contributed by atoms with van der Waals surface area (Å²) in [5, 5.41) is 2.95. The molecule has 3 aliphatic rings. The fourth-order valence-electron chi connectivity index (χ4n) is 5.44. The van der Waals surface area contributed by atoms with Gasteiger partial charge in [-0.05, 0) is 53.6 Å². The zero-order valence-electron chi connectivity index (χ0n) is 18.0. The SMILES string of the molecule is O=C(Nc1ccccc1)C1C2C(=O)N(c3ccc(Br)cc3)C(=O)C2C2c3ccccc3C=CN12. The van der Waals surface area contributed by atoms with E-state index in [9.17, 15) is 14.4 Å². The van der Waals surface area contributed by atoms with Crippen LogP contribution in [0.1, 0.15) is 17.2 Å². The molecule has 6 nitrogen and oxygen atoms in total. The Hall–Kier alpha value is -3.71. The monoisotopic (exact) mass is 513 g/mol. The van der Waals surface area contributed by atoms with Crippen LogP contribution >= 0.6 is 15.9 Å². The van der Waals surface area contributed by atoms with Gasteiger partial charge in [-0.2, -0.15) is 0 Å². The highest BCUT2D eigenvalue weighted by Gasteiger charge is 2.64. The number of nitrogens with zero attached hydrogens (tertiary/aromatic N) is 2. The predicted octanol–water partition coefficient (Wildman–Crippen LogP) is 4.60. The molecule has 3 heterocycles. The first-order valence-electron chi connectivity index (χ1n) is 11.1. The van der Waals surface area contributed by atoms with Crippen molar-refractivity contribution in [3.63, 3.8) is 0 Å². The molecule has 0 aromatic heterocycles. The number of hydrogen-bond donors (Lipinski definition) is 1. The van der Waals surface area contributed by atoms with Crippen molar-refractivity contribution < 1.29 is 14.4 Å². The van der Waals surface area contributed by atoms with Crippen molar-refractivity contribution in [2.45, 2.75) is 12.1 Å². The highest BCUT2D eigenvalue weighted by molar-refractivity contribution is 9.10. The van der Waals surface area contributed by atoms with Crippen molar-refractivity contribution in [2.75, 3.05) is 10.2 Å². The minimum Gasteiger partial charge on any atom is -0.357 e. The summed E-state index contributed by atoms with van der Waals surface area (Å²) in [5.74, 6) is -2.36. The number of amides is 3. The van der Waals surface area contributed by atoms with Crippen molar-refractivity contribution in [3.05, 3.63) is 101 Å². The molecule has 1 N–H and O–H groups in total. The van der Waals surface area contributed by atoms with E-state index in [0.717, 1.165) is 15.6 Å². The average Bonchev–Trinajstić information content (AvgIpc) is 3.33. The molecule has 4 atom stereocenters. The van der Waals surface area contributed by atoms with Gasteiger partial charge >= 0.3 is 0 Å². The number of carbonyl (C=O) groups excluding carboxylic acids is 3. The molecule has 0 aliphatic carbocycles. The maximum absolute atomic E-state index is 13.8. The predicted molar refractivity (Wildman–Crippen MR) is 133 cm³/mol. The number of halogens is 1. The van der Waals surface area contributed by atoms with Gasteiger partial charge in [-0.1, -0.05) is 58.4 Å². The van der Waals surface area contributed by atoms with Crippen LogP contribution in [0.25, 0.3) is 6.08 Å². The van der Waals surface area contributed by atoms with Gasteiger partial charge in [0.2, 0.25) is 17.7 Å². The van der Waals surface area contributed by atoms with Gasteiger partial charge < -0.3 is 10.2 Å². The van der Waals surface area contributed by atoms with Crippen molar-refractivity contribution in [1.82, 2.24) is 4.90 Å². The molecule has 3 aromatic rings. The summed E-state index contributed by atoms with van der Waals surface area (Å²) in [4.78, 5) is 44.3. The first kappa shape index (κ1) is 20.9. The number of nitrogens with one attached hydrogen (secondary N) is 1. The van der Waals surface area contributed by atoms with E-state index in [-0.39, 0.29) is 17.7 Å². The molecule has 7 heteroatoms. The zero-order chi connectivity index (χ0) is 23.4. The standard InChI is InChI=1S/C27H20BrN3O3/c28-17-10-12-19(13-11-17)31-26(33)21-22(27(31)34)24(25(32)29-18-7-2-1-3-8-18)30-15-14-16-6-4-5-9-20(16)23(21)30/h1-15,21-24H,(H,29,32). The Labute approximate surface area is 205 Å². The molecule has 2 saturated heterocycles. The van der Waals surface area contributed by atoms with Gasteiger partial charge in [0.25, 0.3) is 0 Å². The molecule has 3 aromatic carbocycles. The number of anilines is 2. The Morgan fingerprint density at radius 3 is 2.26 bits per heavy atom. The Balaban J connectivity index is 1.45. The van der Waals surface area contributed by atoms with Crippen LogP contribution in [0.15, 0.2) is 89.5 Å². The van der Waals surface area contributed by atoms with Gasteiger partial charge in [0, 0.05) is 16.4 Å². The molecule has 168 valence electrons. The Bertz CT molecular complexity index is 1340. The number of hydrogen-bond acceptors (Lipinski definition) is 4. The molecule has 0 spiro atoms. The summed E-state index contributed by atoms with van der Waals surface area (Å²) in [6, 6.07) is 22.9. The van der Waals surface area contributed by atoms with Crippen molar-refractivity contribution in [1.29, 1.82) is 0 Å². The third kappa shape index (κ3) is 3.11. The van der Waals surface area contributed by atoms with Gasteiger partial charge in [0.05, 0.1) is 23.6 Å². The fourth-order valence-corrected chi connectivity index (χ4v) is 5.70. The molecule has 6 rings (SSSR count). The molecule has 3 amide bonds. The topological polar surface area (TPSA) is 69.7 Å². The number of fused-ring (bicyclic) bond motifs is 5. The molecule has 2 fully saturated rings. The van der Waals surface area contributed by atoms with Crippen LogP contribution in [0, 0.1) is 11.8 Å². The third-order valence-electron chi connectivity index (χ3n) is 6.86. The lowest BCUT2D eigenvalue weighted by atomic mass is 9.84. The van der Waals surface area contributed by atoms with Gasteiger partial charge in [-0.25, -0.2) is 4.90 Å². The highest BCUT2D eigenvalue weighted by atomic mass is 79.9. The molecular weight excluding hydrogens is 494 g/mol. The van der Waals surface area contributed by atoms with E-state index in [1.165, 1.54) is 4.90 Å².